The number of hydrogen-bond acceptors (Lipinski definition) is 4. The van der Waals surface area contributed by atoms with Crippen LogP contribution in [0.25, 0.3) is 0 Å². The fraction of sp³-hybridized carbons (Fsp3) is 0.143. The van der Waals surface area contributed by atoms with Crippen LogP contribution in [-0.2, 0) is 0 Å². The molecule has 1 heterocycles. The largest absolute Gasteiger partial charge is 0.382 e. The van der Waals surface area contributed by atoms with Gasteiger partial charge in [0, 0.05) is 12.4 Å². The number of aliphatic imine (C=N–C) groups is 1. The van der Waals surface area contributed by atoms with E-state index in [-0.39, 0.29) is 0 Å². The van der Waals surface area contributed by atoms with Crippen molar-refractivity contribution in [1.29, 1.82) is 0 Å². The van der Waals surface area contributed by atoms with Crippen molar-refractivity contribution in [3.05, 3.63) is 22.7 Å². The molecule has 0 radical (unpaired) electrons. The van der Waals surface area contributed by atoms with Crippen molar-refractivity contribution in [1.82, 2.24) is 4.98 Å². The van der Waals surface area contributed by atoms with Gasteiger partial charge in [0.15, 0.2) is 0 Å². The van der Waals surface area contributed by atoms with Gasteiger partial charge < -0.3 is 5.73 Å². The second-order valence-electron chi connectivity index (χ2n) is 1.94. The lowest BCUT2D eigenvalue weighted by Crippen LogP contribution is -1.88. The molecule has 0 unspecified atom stereocenters. The average Bonchev–Trinajstić information content (AvgIpc) is 2.26. The number of hydrogen-bond donors (Lipinski definition) is 1. The van der Waals surface area contributed by atoms with Gasteiger partial charge in [0.05, 0.1) is 9.88 Å². The van der Waals surface area contributed by atoms with Crippen LogP contribution in [0.1, 0.15) is 9.88 Å². The Morgan fingerprint density at radius 1 is 1.73 bits per heavy atom. The van der Waals surface area contributed by atoms with E-state index >= 15 is 0 Å². The Morgan fingerprint density at radius 2 is 2.45 bits per heavy atom. The smallest absolute Gasteiger partial charge is 0.143 e. The van der Waals surface area contributed by atoms with Crippen LogP contribution in [0.2, 0.25) is 0 Å². The maximum Gasteiger partial charge on any atom is 0.143 e. The molecule has 0 saturated carbocycles. The molecule has 4 heteroatoms. The van der Waals surface area contributed by atoms with E-state index in [9.17, 15) is 0 Å². The zero-order valence-electron chi connectivity index (χ0n) is 6.24. The summed E-state index contributed by atoms with van der Waals surface area (Å²) in [6.45, 7) is 5.37. The minimum atomic E-state index is 0.540. The number of aryl methyl sites for hydroxylation is 1. The molecule has 0 fully saturated rings. The molecule has 0 aliphatic carbocycles. The first kappa shape index (κ1) is 7.94. The molecular formula is C7H9N3S. The van der Waals surface area contributed by atoms with E-state index in [0.717, 1.165) is 9.88 Å². The fourth-order valence-electron chi connectivity index (χ4n) is 0.672. The molecule has 0 aliphatic heterocycles. The Kier molecular flexibility index (Phi) is 2.38. The topological polar surface area (TPSA) is 51.3 Å². The first-order valence-corrected chi connectivity index (χ1v) is 3.92. The summed E-state index contributed by atoms with van der Waals surface area (Å²) >= 11 is 1.52. The summed E-state index contributed by atoms with van der Waals surface area (Å²) in [5.41, 5.74) is 5.56. The SMILES string of the molecule is C=CN=Cc1sc(C)nc1N. The highest BCUT2D eigenvalue weighted by Crippen LogP contribution is 2.16. The molecule has 0 saturated heterocycles. The van der Waals surface area contributed by atoms with Gasteiger partial charge in [0.2, 0.25) is 0 Å². The van der Waals surface area contributed by atoms with Gasteiger partial charge in [-0.2, -0.15) is 0 Å². The van der Waals surface area contributed by atoms with E-state index in [1.165, 1.54) is 17.5 Å². The number of nitrogens with zero attached hydrogens (tertiary/aromatic N) is 2. The summed E-state index contributed by atoms with van der Waals surface area (Å²) in [6, 6.07) is 0. The van der Waals surface area contributed by atoms with E-state index in [4.69, 9.17) is 5.73 Å². The predicted octanol–water partition coefficient (Wildman–Crippen LogP) is 1.60. The van der Waals surface area contributed by atoms with Gasteiger partial charge in [0.1, 0.15) is 5.82 Å². The molecule has 11 heavy (non-hydrogen) atoms. The lowest BCUT2D eigenvalue weighted by atomic mass is 10.5. The normalized spacial score (nSPS) is 10.6. The Bertz CT molecular complexity index is 288. The molecular weight excluding hydrogens is 158 g/mol. The van der Waals surface area contributed by atoms with Crippen molar-refractivity contribution in [2.75, 3.05) is 5.73 Å². The summed E-state index contributed by atoms with van der Waals surface area (Å²) in [5, 5.41) is 0.952. The number of thiazole rings is 1. The standard InChI is InChI=1S/C7H9N3S/c1-3-9-4-6-7(8)10-5(2)11-6/h3-4H,1,8H2,2H3. The Balaban J connectivity index is 2.93. The lowest BCUT2D eigenvalue weighted by molar-refractivity contribution is 1.30. The Labute approximate surface area is 69.3 Å². The minimum absolute atomic E-state index is 0.540. The maximum absolute atomic E-state index is 5.56. The van der Waals surface area contributed by atoms with Crippen LogP contribution in [0, 0.1) is 6.92 Å². The van der Waals surface area contributed by atoms with Crippen LogP contribution in [0.5, 0.6) is 0 Å². The number of anilines is 1. The maximum atomic E-state index is 5.56. The Morgan fingerprint density at radius 3 is 2.91 bits per heavy atom. The van der Waals surface area contributed by atoms with E-state index in [1.54, 1.807) is 6.21 Å². The molecule has 0 aromatic carbocycles. The third-order valence-corrected chi connectivity index (χ3v) is 2.01. The third kappa shape index (κ3) is 1.88. The van der Waals surface area contributed by atoms with Gasteiger partial charge in [-0.25, -0.2) is 4.98 Å². The minimum Gasteiger partial charge on any atom is -0.382 e. The number of rotatable bonds is 2. The number of nitrogens with two attached hydrogens (primary N) is 1. The molecule has 1 aromatic heterocycles. The van der Waals surface area contributed by atoms with E-state index in [2.05, 4.69) is 16.6 Å². The molecule has 0 amide bonds. The fourth-order valence-corrected chi connectivity index (χ4v) is 1.40. The summed E-state index contributed by atoms with van der Waals surface area (Å²) in [5.74, 6) is 0.540. The van der Waals surface area contributed by atoms with E-state index in [1.807, 2.05) is 6.92 Å². The summed E-state index contributed by atoms with van der Waals surface area (Å²) in [4.78, 5) is 8.77. The van der Waals surface area contributed by atoms with E-state index < -0.39 is 0 Å². The van der Waals surface area contributed by atoms with Crippen LogP contribution >= 0.6 is 11.3 Å². The molecule has 2 N–H and O–H groups in total. The summed E-state index contributed by atoms with van der Waals surface area (Å²) in [6.07, 6.45) is 3.13. The molecule has 0 aliphatic rings. The second-order valence-corrected chi connectivity index (χ2v) is 3.18. The van der Waals surface area contributed by atoms with Gasteiger partial charge in [0.25, 0.3) is 0 Å². The molecule has 3 nitrogen and oxygen atoms in total. The quantitative estimate of drug-likeness (QED) is 0.680. The third-order valence-electron chi connectivity index (χ3n) is 1.09. The van der Waals surface area contributed by atoms with Gasteiger partial charge in [-0.3, -0.25) is 4.99 Å². The molecule has 0 bridgehead atoms. The van der Waals surface area contributed by atoms with Gasteiger partial charge in [-0.1, -0.05) is 6.58 Å². The second kappa shape index (κ2) is 3.30. The molecule has 1 aromatic rings. The van der Waals surface area contributed by atoms with Gasteiger partial charge in [-0.15, -0.1) is 11.3 Å². The first-order valence-electron chi connectivity index (χ1n) is 3.11. The Hall–Kier alpha value is -1.16. The lowest BCUT2D eigenvalue weighted by Gasteiger charge is -1.83. The zero-order chi connectivity index (χ0) is 8.27. The van der Waals surface area contributed by atoms with Gasteiger partial charge >= 0.3 is 0 Å². The van der Waals surface area contributed by atoms with Crippen molar-refractivity contribution >= 4 is 23.4 Å². The highest BCUT2D eigenvalue weighted by molar-refractivity contribution is 7.13. The van der Waals surface area contributed by atoms with Crippen molar-refractivity contribution in [3.8, 4) is 0 Å². The van der Waals surface area contributed by atoms with Crippen LogP contribution in [0.4, 0.5) is 5.82 Å². The van der Waals surface area contributed by atoms with Crippen molar-refractivity contribution < 1.29 is 0 Å². The van der Waals surface area contributed by atoms with Crippen LogP contribution < -0.4 is 5.73 Å². The number of aromatic nitrogens is 1. The van der Waals surface area contributed by atoms with Crippen LogP contribution in [0.3, 0.4) is 0 Å². The van der Waals surface area contributed by atoms with Crippen LogP contribution in [0.15, 0.2) is 17.8 Å². The average molecular weight is 167 g/mol. The molecule has 0 atom stereocenters. The molecule has 0 spiro atoms. The van der Waals surface area contributed by atoms with Crippen molar-refractivity contribution in [2.24, 2.45) is 4.99 Å². The summed E-state index contributed by atoms with van der Waals surface area (Å²) < 4.78 is 0. The number of nitrogen functional groups attached to an aromatic ring is 1. The molecule has 1 rings (SSSR count). The summed E-state index contributed by atoms with van der Waals surface area (Å²) in [7, 11) is 0. The monoisotopic (exact) mass is 167 g/mol. The van der Waals surface area contributed by atoms with Crippen molar-refractivity contribution in [2.45, 2.75) is 6.92 Å². The van der Waals surface area contributed by atoms with Crippen LogP contribution in [-0.4, -0.2) is 11.2 Å². The van der Waals surface area contributed by atoms with E-state index in [0.29, 0.717) is 5.82 Å². The van der Waals surface area contributed by atoms with Crippen molar-refractivity contribution in [3.63, 3.8) is 0 Å². The zero-order valence-corrected chi connectivity index (χ0v) is 7.06. The first-order chi connectivity index (χ1) is 5.24. The molecule has 58 valence electrons. The van der Waals surface area contributed by atoms with Gasteiger partial charge in [-0.05, 0) is 6.92 Å². The highest BCUT2D eigenvalue weighted by Gasteiger charge is 2.00. The highest BCUT2D eigenvalue weighted by atomic mass is 32.1. The predicted molar refractivity (Wildman–Crippen MR) is 49.1 cm³/mol.